The van der Waals surface area contributed by atoms with Crippen LogP contribution in [0.2, 0.25) is 0 Å². The fraction of sp³-hybridized carbons (Fsp3) is 0. The molecule has 2 aromatic carbocycles. The summed E-state index contributed by atoms with van der Waals surface area (Å²) in [5, 5.41) is 0. The third kappa shape index (κ3) is 2.30. The summed E-state index contributed by atoms with van der Waals surface area (Å²) in [6.45, 7) is 0. The summed E-state index contributed by atoms with van der Waals surface area (Å²) in [6, 6.07) is 11.6. The van der Waals surface area contributed by atoms with Crippen LogP contribution in [0.1, 0.15) is 10.4 Å². The molecule has 20 heavy (non-hydrogen) atoms. The van der Waals surface area contributed by atoms with Crippen molar-refractivity contribution >= 4 is 32.9 Å². The number of fused-ring (bicyclic) bond motifs is 1. The average molecular weight is 334 g/mol. The van der Waals surface area contributed by atoms with E-state index in [0.29, 0.717) is 4.47 Å². The predicted octanol–water partition coefficient (Wildman–Crippen LogP) is 3.32. The van der Waals surface area contributed by atoms with Crippen molar-refractivity contribution in [3.05, 3.63) is 64.6 Å². The van der Waals surface area contributed by atoms with Crippen LogP contribution in [0.5, 0.6) is 0 Å². The quantitative estimate of drug-likeness (QED) is 0.781. The summed E-state index contributed by atoms with van der Waals surface area (Å²) < 4.78 is 15.8. The number of benzene rings is 2. The summed E-state index contributed by atoms with van der Waals surface area (Å²) in [5.74, 6) is -1.11. The van der Waals surface area contributed by atoms with Gasteiger partial charge in [-0.15, -0.1) is 0 Å². The van der Waals surface area contributed by atoms with Gasteiger partial charge < -0.3 is 0 Å². The number of nitrogens with one attached hydrogen (secondary N) is 1. The van der Waals surface area contributed by atoms with Gasteiger partial charge in [-0.2, -0.15) is 0 Å². The first-order chi connectivity index (χ1) is 9.65. The van der Waals surface area contributed by atoms with Crippen molar-refractivity contribution in [3.8, 4) is 0 Å². The van der Waals surface area contributed by atoms with Crippen molar-refractivity contribution in [2.75, 3.05) is 5.43 Å². The van der Waals surface area contributed by atoms with Crippen molar-refractivity contribution in [2.24, 2.45) is 0 Å². The first-order valence-corrected chi connectivity index (χ1v) is 6.63. The summed E-state index contributed by atoms with van der Waals surface area (Å²) in [5.41, 5.74) is 4.08. The minimum Gasteiger partial charge on any atom is -0.267 e. The molecule has 3 aromatic rings. The number of halogens is 2. The minimum absolute atomic E-state index is 0.0222. The Balaban J connectivity index is 1.92. The Bertz CT molecular complexity index is 800. The number of aromatic nitrogens is 2. The zero-order valence-corrected chi connectivity index (χ0v) is 11.8. The maximum atomic E-state index is 13.7. The van der Waals surface area contributed by atoms with Gasteiger partial charge in [0.2, 0.25) is 0 Å². The summed E-state index contributed by atoms with van der Waals surface area (Å²) in [7, 11) is 0. The highest BCUT2D eigenvalue weighted by molar-refractivity contribution is 9.10. The number of imidazole rings is 1. The molecule has 0 radical (unpaired) electrons. The van der Waals surface area contributed by atoms with Gasteiger partial charge in [0, 0.05) is 4.47 Å². The van der Waals surface area contributed by atoms with Gasteiger partial charge in [0.05, 0.1) is 16.6 Å². The number of hydrogen-bond donors (Lipinski definition) is 1. The highest BCUT2D eigenvalue weighted by Crippen LogP contribution is 2.16. The minimum atomic E-state index is -0.582. The summed E-state index contributed by atoms with van der Waals surface area (Å²) >= 11 is 3.15. The van der Waals surface area contributed by atoms with Crippen molar-refractivity contribution in [3.63, 3.8) is 0 Å². The lowest BCUT2D eigenvalue weighted by Gasteiger charge is -2.08. The first kappa shape index (κ1) is 12.8. The average Bonchev–Trinajstić information content (AvgIpc) is 2.82. The summed E-state index contributed by atoms with van der Waals surface area (Å²) in [6.07, 6.45) is 1.49. The Labute approximate surface area is 122 Å². The van der Waals surface area contributed by atoms with Gasteiger partial charge in [-0.1, -0.05) is 28.1 Å². The molecular weight excluding hydrogens is 325 g/mol. The number of carbonyl (C=O) groups is 1. The molecule has 6 heteroatoms. The molecule has 0 unspecified atom stereocenters. The van der Waals surface area contributed by atoms with Crippen LogP contribution >= 0.6 is 15.9 Å². The molecule has 0 aliphatic carbocycles. The van der Waals surface area contributed by atoms with E-state index in [0.717, 1.165) is 11.0 Å². The molecular formula is C14H9BrFN3O. The number of hydrogen-bond acceptors (Lipinski definition) is 2. The fourth-order valence-electron chi connectivity index (χ4n) is 1.89. The molecule has 0 bridgehead atoms. The molecule has 3 rings (SSSR count). The van der Waals surface area contributed by atoms with Crippen molar-refractivity contribution in [2.45, 2.75) is 0 Å². The van der Waals surface area contributed by atoms with Crippen molar-refractivity contribution in [1.29, 1.82) is 0 Å². The third-order valence-corrected chi connectivity index (χ3v) is 3.34. The van der Waals surface area contributed by atoms with Crippen molar-refractivity contribution < 1.29 is 9.18 Å². The van der Waals surface area contributed by atoms with Gasteiger partial charge in [-0.25, -0.2) is 14.1 Å². The molecule has 4 nitrogen and oxygen atoms in total. The van der Waals surface area contributed by atoms with Crippen molar-refractivity contribution in [1.82, 2.24) is 9.66 Å². The van der Waals surface area contributed by atoms with Crippen LogP contribution in [-0.2, 0) is 0 Å². The van der Waals surface area contributed by atoms with Crippen LogP contribution in [0.4, 0.5) is 4.39 Å². The van der Waals surface area contributed by atoms with Crippen LogP contribution < -0.4 is 5.43 Å². The Hall–Kier alpha value is -2.21. The fourth-order valence-corrected chi connectivity index (χ4v) is 2.22. The van der Waals surface area contributed by atoms with E-state index in [1.54, 1.807) is 6.07 Å². The second-order valence-corrected chi connectivity index (χ2v) is 5.08. The second kappa shape index (κ2) is 5.05. The summed E-state index contributed by atoms with van der Waals surface area (Å²) in [4.78, 5) is 16.2. The van der Waals surface area contributed by atoms with Crippen LogP contribution in [0.15, 0.2) is 53.3 Å². The second-order valence-electron chi connectivity index (χ2n) is 4.17. The van der Waals surface area contributed by atoms with E-state index in [9.17, 15) is 9.18 Å². The van der Waals surface area contributed by atoms with E-state index in [1.165, 1.54) is 23.1 Å². The van der Waals surface area contributed by atoms with E-state index in [2.05, 4.69) is 26.3 Å². The number of nitrogens with zero attached hydrogens (tertiary/aromatic N) is 2. The van der Waals surface area contributed by atoms with Gasteiger partial charge in [0.25, 0.3) is 5.91 Å². The smallest absolute Gasteiger partial charge is 0.267 e. The van der Waals surface area contributed by atoms with Gasteiger partial charge >= 0.3 is 0 Å². The maximum Gasteiger partial charge on any atom is 0.273 e. The number of carbonyl (C=O) groups excluding carboxylic acids is 1. The van der Waals surface area contributed by atoms with E-state index in [1.807, 2.05) is 24.3 Å². The van der Waals surface area contributed by atoms with Gasteiger partial charge in [0.1, 0.15) is 12.1 Å². The molecule has 0 atom stereocenters. The van der Waals surface area contributed by atoms with Gasteiger partial charge in [-0.05, 0) is 30.3 Å². The van der Waals surface area contributed by atoms with E-state index in [-0.39, 0.29) is 5.56 Å². The topological polar surface area (TPSA) is 46.9 Å². The number of amides is 1. The lowest BCUT2D eigenvalue weighted by Crippen LogP contribution is -2.23. The Morgan fingerprint density at radius 1 is 1.25 bits per heavy atom. The Morgan fingerprint density at radius 3 is 2.85 bits per heavy atom. The van der Waals surface area contributed by atoms with Gasteiger partial charge in [0.15, 0.2) is 0 Å². The van der Waals surface area contributed by atoms with Gasteiger partial charge in [-0.3, -0.25) is 10.2 Å². The Morgan fingerprint density at radius 2 is 2.05 bits per heavy atom. The molecule has 0 fully saturated rings. The lowest BCUT2D eigenvalue weighted by molar-refractivity contribution is 0.100. The largest absolute Gasteiger partial charge is 0.273 e. The first-order valence-electron chi connectivity index (χ1n) is 5.83. The predicted molar refractivity (Wildman–Crippen MR) is 77.5 cm³/mol. The standard InChI is InChI=1S/C14H9BrFN3O/c15-9-5-6-10(11(16)7-9)14(20)18-19-8-17-12-3-1-2-4-13(12)19/h1-8H,(H,18,20). The van der Waals surface area contributed by atoms with Crippen LogP contribution in [0, 0.1) is 5.82 Å². The molecule has 1 aromatic heterocycles. The number of rotatable bonds is 2. The monoisotopic (exact) mass is 333 g/mol. The van der Waals surface area contributed by atoms with E-state index >= 15 is 0 Å². The molecule has 0 saturated carbocycles. The van der Waals surface area contributed by atoms with Crippen LogP contribution in [0.3, 0.4) is 0 Å². The molecule has 0 aliphatic heterocycles. The molecule has 1 heterocycles. The molecule has 0 saturated heterocycles. The van der Waals surface area contributed by atoms with Crippen LogP contribution in [0.25, 0.3) is 11.0 Å². The zero-order valence-electron chi connectivity index (χ0n) is 10.2. The number of para-hydroxylation sites is 2. The molecule has 0 aliphatic rings. The molecule has 0 spiro atoms. The maximum absolute atomic E-state index is 13.7. The van der Waals surface area contributed by atoms with Crippen LogP contribution in [-0.4, -0.2) is 15.6 Å². The van der Waals surface area contributed by atoms with E-state index in [4.69, 9.17) is 0 Å². The third-order valence-electron chi connectivity index (χ3n) is 2.85. The SMILES string of the molecule is O=C(Nn1cnc2ccccc21)c1ccc(Br)cc1F. The molecule has 1 N–H and O–H groups in total. The normalized spacial score (nSPS) is 10.7. The highest BCUT2D eigenvalue weighted by atomic mass is 79.9. The zero-order chi connectivity index (χ0) is 14.1. The Kier molecular flexibility index (Phi) is 3.23. The highest BCUT2D eigenvalue weighted by Gasteiger charge is 2.13. The molecule has 100 valence electrons. The lowest BCUT2D eigenvalue weighted by atomic mass is 10.2. The molecule has 1 amide bonds. The van der Waals surface area contributed by atoms with E-state index < -0.39 is 11.7 Å².